The van der Waals surface area contributed by atoms with E-state index in [9.17, 15) is 4.79 Å². The highest BCUT2D eigenvalue weighted by Crippen LogP contribution is 2.14. The van der Waals surface area contributed by atoms with Gasteiger partial charge in [-0.05, 0) is 0 Å². The van der Waals surface area contributed by atoms with Gasteiger partial charge in [0.25, 0.3) is 0 Å². The monoisotopic (exact) mass is 215 g/mol. The summed E-state index contributed by atoms with van der Waals surface area (Å²) in [5.41, 5.74) is 0. The molecule has 0 N–H and O–H groups in total. The Morgan fingerprint density at radius 1 is 1.79 bits per heavy atom. The number of rotatable bonds is 4. The summed E-state index contributed by atoms with van der Waals surface area (Å²) in [6.45, 7) is 2.41. The third-order valence-electron chi connectivity index (χ3n) is 1.83. The zero-order chi connectivity index (χ0) is 10.6. The summed E-state index contributed by atoms with van der Waals surface area (Å²) in [4.78, 5) is 17.1. The number of hydrogen-bond donors (Lipinski definition) is 0. The third kappa shape index (κ3) is 2.66. The Balaban J connectivity index is 2.49. The fourth-order valence-corrected chi connectivity index (χ4v) is 1.60. The standard InChI is InChI=1S/C8H13N3O2S/c1-6(7(12)13-3)4-11(2)8-9-5-10-14-8/h5-6H,4H2,1-3H3. The van der Waals surface area contributed by atoms with Crippen LogP contribution in [-0.2, 0) is 9.53 Å². The minimum atomic E-state index is -0.207. The number of esters is 1. The van der Waals surface area contributed by atoms with Gasteiger partial charge in [0.15, 0.2) is 0 Å². The summed E-state index contributed by atoms with van der Waals surface area (Å²) >= 11 is 1.31. The normalized spacial score (nSPS) is 12.2. The maximum atomic E-state index is 11.1. The second-order valence-corrected chi connectivity index (χ2v) is 3.79. The van der Waals surface area contributed by atoms with E-state index in [2.05, 4.69) is 14.1 Å². The van der Waals surface area contributed by atoms with Crippen molar-refractivity contribution in [1.82, 2.24) is 9.36 Å². The predicted octanol–water partition coefficient (Wildman–Crippen LogP) is 0.783. The van der Waals surface area contributed by atoms with Crippen LogP contribution in [0.4, 0.5) is 5.13 Å². The summed E-state index contributed by atoms with van der Waals surface area (Å²) in [7, 11) is 3.27. The molecule has 5 nitrogen and oxygen atoms in total. The molecule has 1 aromatic rings. The molecule has 0 bridgehead atoms. The number of nitrogens with zero attached hydrogens (tertiary/aromatic N) is 3. The molecule has 0 aliphatic rings. The Morgan fingerprint density at radius 2 is 2.50 bits per heavy atom. The van der Waals surface area contributed by atoms with E-state index in [1.54, 1.807) is 0 Å². The van der Waals surface area contributed by atoms with E-state index in [1.807, 2.05) is 18.9 Å². The first-order valence-electron chi connectivity index (χ1n) is 4.20. The van der Waals surface area contributed by atoms with Crippen molar-refractivity contribution in [3.8, 4) is 0 Å². The summed E-state index contributed by atoms with van der Waals surface area (Å²) in [6, 6.07) is 0. The average molecular weight is 215 g/mol. The summed E-state index contributed by atoms with van der Waals surface area (Å²) in [6.07, 6.45) is 1.50. The van der Waals surface area contributed by atoms with Gasteiger partial charge in [0.1, 0.15) is 6.33 Å². The van der Waals surface area contributed by atoms with E-state index in [4.69, 9.17) is 0 Å². The van der Waals surface area contributed by atoms with Gasteiger partial charge < -0.3 is 9.64 Å². The zero-order valence-electron chi connectivity index (χ0n) is 8.43. The molecule has 1 rings (SSSR count). The molecule has 0 saturated heterocycles. The van der Waals surface area contributed by atoms with E-state index < -0.39 is 0 Å². The van der Waals surface area contributed by atoms with E-state index >= 15 is 0 Å². The number of carbonyl (C=O) groups is 1. The minimum absolute atomic E-state index is 0.158. The van der Waals surface area contributed by atoms with Crippen LogP contribution in [0.5, 0.6) is 0 Å². The van der Waals surface area contributed by atoms with Gasteiger partial charge >= 0.3 is 5.97 Å². The fraction of sp³-hybridized carbons (Fsp3) is 0.625. The summed E-state index contributed by atoms with van der Waals surface area (Å²) in [5.74, 6) is -0.365. The van der Waals surface area contributed by atoms with Crippen molar-refractivity contribution in [3.05, 3.63) is 6.33 Å². The summed E-state index contributed by atoms with van der Waals surface area (Å²) in [5, 5.41) is 0.806. The summed E-state index contributed by atoms with van der Waals surface area (Å²) < 4.78 is 8.52. The number of methoxy groups -OCH3 is 1. The molecule has 1 atom stereocenters. The molecule has 78 valence electrons. The van der Waals surface area contributed by atoms with Crippen LogP contribution >= 0.6 is 11.5 Å². The van der Waals surface area contributed by atoms with Crippen LogP contribution in [0.15, 0.2) is 6.33 Å². The number of hydrogen-bond acceptors (Lipinski definition) is 6. The Morgan fingerprint density at radius 3 is 3.00 bits per heavy atom. The smallest absolute Gasteiger partial charge is 0.310 e. The lowest BCUT2D eigenvalue weighted by molar-refractivity contribution is -0.144. The largest absolute Gasteiger partial charge is 0.469 e. The molecule has 0 spiro atoms. The van der Waals surface area contributed by atoms with Crippen LogP contribution in [0.25, 0.3) is 0 Å². The van der Waals surface area contributed by atoms with Crippen LogP contribution in [0.2, 0.25) is 0 Å². The molecule has 0 saturated carbocycles. The number of anilines is 1. The molecule has 1 unspecified atom stereocenters. The van der Waals surface area contributed by atoms with Crippen LogP contribution in [0, 0.1) is 5.92 Å². The quantitative estimate of drug-likeness (QED) is 0.695. The van der Waals surface area contributed by atoms with Crippen LogP contribution in [0.3, 0.4) is 0 Å². The van der Waals surface area contributed by atoms with Gasteiger partial charge in [0, 0.05) is 25.1 Å². The molecule has 0 radical (unpaired) electrons. The highest BCUT2D eigenvalue weighted by atomic mass is 32.1. The van der Waals surface area contributed by atoms with E-state index in [0.717, 1.165) is 5.13 Å². The van der Waals surface area contributed by atoms with Gasteiger partial charge in [0.05, 0.1) is 13.0 Å². The first kappa shape index (κ1) is 10.9. The lowest BCUT2D eigenvalue weighted by Crippen LogP contribution is -2.29. The number of carbonyl (C=O) groups excluding carboxylic acids is 1. The van der Waals surface area contributed by atoms with E-state index in [1.165, 1.54) is 25.0 Å². The van der Waals surface area contributed by atoms with E-state index in [0.29, 0.717) is 6.54 Å². The highest BCUT2D eigenvalue weighted by Gasteiger charge is 2.16. The average Bonchev–Trinajstić information content (AvgIpc) is 2.69. The number of aromatic nitrogens is 2. The topological polar surface area (TPSA) is 55.3 Å². The SMILES string of the molecule is COC(=O)C(C)CN(C)c1ncns1. The molecule has 0 amide bonds. The van der Waals surface area contributed by atoms with Crippen LogP contribution < -0.4 is 4.90 Å². The molecule has 0 aliphatic carbocycles. The van der Waals surface area contributed by atoms with Gasteiger partial charge in [-0.2, -0.15) is 4.37 Å². The van der Waals surface area contributed by atoms with Gasteiger partial charge in [-0.3, -0.25) is 4.79 Å². The predicted molar refractivity (Wildman–Crippen MR) is 54.4 cm³/mol. The Kier molecular flexibility index (Phi) is 3.82. The molecule has 14 heavy (non-hydrogen) atoms. The van der Waals surface area contributed by atoms with Gasteiger partial charge in [-0.25, -0.2) is 4.98 Å². The van der Waals surface area contributed by atoms with Gasteiger partial charge in [-0.1, -0.05) is 6.92 Å². The maximum Gasteiger partial charge on any atom is 0.310 e. The first-order valence-corrected chi connectivity index (χ1v) is 4.98. The lowest BCUT2D eigenvalue weighted by Gasteiger charge is -2.18. The fourth-order valence-electron chi connectivity index (χ4n) is 1.10. The Hall–Kier alpha value is -1.17. The molecular formula is C8H13N3O2S. The molecule has 1 heterocycles. The molecule has 0 fully saturated rings. The molecule has 0 aliphatic heterocycles. The van der Waals surface area contributed by atoms with Crippen molar-refractivity contribution in [2.75, 3.05) is 25.6 Å². The minimum Gasteiger partial charge on any atom is -0.469 e. The second-order valence-electron chi connectivity index (χ2n) is 3.03. The Bertz CT molecular complexity index is 289. The molecule has 1 aromatic heterocycles. The van der Waals surface area contributed by atoms with Crippen LogP contribution in [0.1, 0.15) is 6.92 Å². The lowest BCUT2D eigenvalue weighted by atomic mass is 10.2. The third-order valence-corrected chi connectivity index (χ3v) is 2.61. The Labute approximate surface area is 86.9 Å². The van der Waals surface area contributed by atoms with Gasteiger partial charge in [0.2, 0.25) is 5.13 Å². The first-order chi connectivity index (χ1) is 6.65. The van der Waals surface area contributed by atoms with Crippen molar-refractivity contribution < 1.29 is 9.53 Å². The van der Waals surface area contributed by atoms with E-state index in [-0.39, 0.29) is 11.9 Å². The molecule has 6 heteroatoms. The zero-order valence-corrected chi connectivity index (χ0v) is 9.24. The van der Waals surface area contributed by atoms with Crippen molar-refractivity contribution in [3.63, 3.8) is 0 Å². The van der Waals surface area contributed by atoms with Gasteiger partial charge in [-0.15, -0.1) is 0 Å². The van der Waals surface area contributed by atoms with Crippen molar-refractivity contribution in [1.29, 1.82) is 0 Å². The molecule has 0 aromatic carbocycles. The highest BCUT2D eigenvalue weighted by molar-refractivity contribution is 7.09. The van der Waals surface area contributed by atoms with Crippen molar-refractivity contribution in [2.45, 2.75) is 6.92 Å². The van der Waals surface area contributed by atoms with Crippen LogP contribution in [-0.4, -0.2) is 36.0 Å². The van der Waals surface area contributed by atoms with Crippen molar-refractivity contribution in [2.24, 2.45) is 5.92 Å². The second kappa shape index (κ2) is 4.90. The molecular weight excluding hydrogens is 202 g/mol. The number of ether oxygens (including phenoxy) is 1. The maximum absolute atomic E-state index is 11.1. The van der Waals surface area contributed by atoms with Crippen molar-refractivity contribution >= 4 is 22.6 Å².